The zero-order valence-corrected chi connectivity index (χ0v) is 13.3. The number of aromatic amines is 1. The van der Waals surface area contributed by atoms with E-state index >= 15 is 0 Å². The van der Waals surface area contributed by atoms with E-state index in [4.69, 9.17) is 0 Å². The molecule has 0 bridgehead atoms. The second kappa shape index (κ2) is 6.60. The number of aromatic hydroxyl groups is 1. The number of nitrogens with zero attached hydrogens (tertiary/aromatic N) is 2. The van der Waals surface area contributed by atoms with E-state index in [1.54, 1.807) is 19.2 Å². The third-order valence-electron chi connectivity index (χ3n) is 3.64. The Labute approximate surface area is 141 Å². The monoisotopic (exact) mass is 342 g/mol. The second-order valence-electron chi connectivity index (χ2n) is 5.44. The number of rotatable bonds is 4. The highest BCUT2D eigenvalue weighted by Gasteiger charge is 2.17. The zero-order chi connectivity index (χ0) is 18.0. The Morgan fingerprint density at radius 3 is 2.68 bits per heavy atom. The first-order valence-corrected chi connectivity index (χ1v) is 7.45. The number of hydrogen-bond donors (Lipinski definition) is 3. The summed E-state index contributed by atoms with van der Waals surface area (Å²) in [6.45, 7) is 1.90. The molecule has 1 aromatic carbocycles. The molecule has 0 unspecified atom stereocenters. The molecule has 0 aliphatic carbocycles. The molecule has 0 spiro atoms. The first-order chi connectivity index (χ1) is 12.0. The number of H-pyrrole nitrogens is 1. The summed E-state index contributed by atoms with van der Waals surface area (Å²) in [5.41, 5.74) is 0.463. The van der Waals surface area contributed by atoms with Crippen molar-refractivity contribution in [2.45, 2.75) is 13.5 Å². The minimum Gasteiger partial charge on any atom is -0.503 e. The molecule has 2 heterocycles. The summed E-state index contributed by atoms with van der Waals surface area (Å²) in [5.74, 6) is -1.45. The van der Waals surface area contributed by atoms with Crippen molar-refractivity contribution in [3.05, 3.63) is 75.6 Å². The van der Waals surface area contributed by atoms with E-state index < -0.39 is 17.1 Å². The largest absolute Gasteiger partial charge is 0.503 e. The summed E-state index contributed by atoms with van der Waals surface area (Å²) in [6.07, 6.45) is 1.55. The van der Waals surface area contributed by atoms with E-state index in [1.165, 1.54) is 28.9 Å². The van der Waals surface area contributed by atoms with Gasteiger partial charge in [0.2, 0.25) is 5.43 Å². The minimum absolute atomic E-state index is 0.117. The molecule has 3 aromatic rings. The smallest absolute Gasteiger partial charge is 0.272 e. The third-order valence-corrected chi connectivity index (χ3v) is 3.64. The number of amides is 1. The van der Waals surface area contributed by atoms with E-state index in [0.29, 0.717) is 5.56 Å². The Kier molecular flexibility index (Phi) is 4.34. The molecule has 1 amide bonds. The molecule has 0 saturated carbocycles. The molecule has 7 nitrogen and oxygen atoms in total. The van der Waals surface area contributed by atoms with Crippen molar-refractivity contribution in [2.75, 3.05) is 0 Å². The lowest BCUT2D eigenvalue weighted by Crippen LogP contribution is -2.26. The maximum atomic E-state index is 12.9. The predicted octanol–water partition coefficient (Wildman–Crippen LogP) is 1.64. The number of carbonyl (C=O) groups is 1. The van der Waals surface area contributed by atoms with Crippen LogP contribution in [-0.2, 0) is 6.54 Å². The number of pyridine rings is 1. The standard InChI is InChI=1S/C17H15FN4O3/c1-10-6-7-20-22(10)14-8-13(23)16(24)15(21-14)17(25)19-9-11-2-4-12(18)5-3-11/h2-8,24H,9H2,1H3,(H,19,25)(H,21,23). The Balaban J connectivity index is 1.86. The van der Waals surface area contributed by atoms with Crippen molar-refractivity contribution in [2.24, 2.45) is 0 Å². The summed E-state index contributed by atoms with van der Waals surface area (Å²) < 4.78 is 14.3. The van der Waals surface area contributed by atoms with Crippen LogP contribution < -0.4 is 10.7 Å². The normalized spacial score (nSPS) is 10.6. The minimum atomic E-state index is -0.699. The fourth-order valence-corrected chi connectivity index (χ4v) is 2.31. The van der Waals surface area contributed by atoms with Crippen LogP contribution in [0.3, 0.4) is 0 Å². The van der Waals surface area contributed by atoms with Gasteiger partial charge in [0, 0.05) is 24.5 Å². The van der Waals surface area contributed by atoms with Crippen molar-refractivity contribution in [1.82, 2.24) is 20.1 Å². The lowest BCUT2D eigenvalue weighted by atomic mass is 10.2. The Morgan fingerprint density at radius 1 is 1.32 bits per heavy atom. The number of carbonyl (C=O) groups excluding carboxylic acids is 1. The van der Waals surface area contributed by atoms with Gasteiger partial charge in [-0.25, -0.2) is 9.07 Å². The summed E-state index contributed by atoms with van der Waals surface area (Å²) >= 11 is 0. The molecular formula is C17H15FN4O3. The summed E-state index contributed by atoms with van der Waals surface area (Å²) in [7, 11) is 0. The molecule has 0 atom stereocenters. The van der Waals surface area contributed by atoms with Gasteiger partial charge in [-0.2, -0.15) is 5.10 Å². The Morgan fingerprint density at radius 2 is 2.04 bits per heavy atom. The van der Waals surface area contributed by atoms with Crippen LogP contribution in [0.2, 0.25) is 0 Å². The van der Waals surface area contributed by atoms with E-state index in [1.807, 2.05) is 0 Å². The molecule has 0 saturated heterocycles. The Hall–Kier alpha value is -3.42. The molecule has 0 aliphatic heterocycles. The summed E-state index contributed by atoms with van der Waals surface area (Å²) in [4.78, 5) is 27.0. The van der Waals surface area contributed by atoms with E-state index in [-0.39, 0.29) is 23.9 Å². The molecule has 25 heavy (non-hydrogen) atoms. The van der Waals surface area contributed by atoms with E-state index in [9.17, 15) is 19.1 Å². The van der Waals surface area contributed by atoms with Crippen LogP contribution in [0.1, 0.15) is 21.7 Å². The van der Waals surface area contributed by atoms with E-state index in [0.717, 1.165) is 11.8 Å². The molecular weight excluding hydrogens is 327 g/mol. The molecule has 0 aliphatic rings. The lowest BCUT2D eigenvalue weighted by Gasteiger charge is -2.10. The molecule has 8 heteroatoms. The molecule has 128 valence electrons. The average molecular weight is 342 g/mol. The van der Waals surface area contributed by atoms with Gasteiger partial charge in [0.15, 0.2) is 11.4 Å². The lowest BCUT2D eigenvalue weighted by molar-refractivity contribution is 0.0942. The van der Waals surface area contributed by atoms with Gasteiger partial charge < -0.3 is 15.4 Å². The van der Waals surface area contributed by atoms with Crippen molar-refractivity contribution in [3.63, 3.8) is 0 Å². The number of benzene rings is 1. The van der Waals surface area contributed by atoms with Gasteiger partial charge >= 0.3 is 0 Å². The Bertz CT molecular complexity index is 976. The number of halogens is 1. The predicted molar refractivity (Wildman–Crippen MR) is 88.2 cm³/mol. The zero-order valence-electron chi connectivity index (χ0n) is 13.3. The van der Waals surface area contributed by atoms with Crippen molar-refractivity contribution < 1.29 is 14.3 Å². The topological polar surface area (TPSA) is 100 Å². The van der Waals surface area contributed by atoms with Crippen molar-refractivity contribution >= 4 is 5.91 Å². The SMILES string of the molecule is Cc1ccnn1-c1cc(=O)c(O)c(C(=O)NCc2ccc(F)cc2)[nH]1. The first-order valence-electron chi connectivity index (χ1n) is 7.45. The van der Waals surface area contributed by atoms with Gasteiger partial charge in [-0.15, -0.1) is 0 Å². The van der Waals surface area contributed by atoms with Gasteiger partial charge in [-0.05, 0) is 30.7 Å². The maximum Gasteiger partial charge on any atom is 0.272 e. The van der Waals surface area contributed by atoms with Crippen molar-refractivity contribution in [3.8, 4) is 11.6 Å². The third kappa shape index (κ3) is 3.42. The van der Waals surface area contributed by atoms with Crippen LogP contribution in [0.4, 0.5) is 4.39 Å². The summed E-state index contributed by atoms with van der Waals surface area (Å²) in [6, 6.07) is 8.51. The number of aryl methyl sites for hydroxylation is 1. The highest BCUT2D eigenvalue weighted by Crippen LogP contribution is 2.13. The van der Waals surface area contributed by atoms with Crippen molar-refractivity contribution in [1.29, 1.82) is 0 Å². The second-order valence-corrected chi connectivity index (χ2v) is 5.44. The first kappa shape index (κ1) is 16.4. The number of aromatic nitrogens is 3. The van der Waals surface area contributed by atoms with Crippen LogP contribution in [0.15, 0.2) is 47.4 Å². The highest BCUT2D eigenvalue weighted by atomic mass is 19.1. The fraction of sp³-hybridized carbons (Fsp3) is 0.118. The van der Waals surface area contributed by atoms with Gasteiger partial charge in [-0.3, -0.25) is 9.59 Å². The van der Waals surface area contributed by atoms with Gasteiger partial charge in [0.25, 0.3) is 5.91 Å². The van der Waals surface area contributed by atoms with Gasteiger partial charge in [0.1, 0.15) is 11.6 Å². The van der Waals surface area contributed by atoms with E-state index in [2.05, 4.69) is 15.4 Å². The van der Waals surface area contributed by atoms with Crippen LogP contribution in [0, 0.1) is 12.7 Å². The fourth-order valence-electron chi connectivity index (χ4n) is 2.31. The highest BCUT2D eigenvalue weighted by molar-refractivity contribution is 5.94. The van der Waals surface area contributed by atoms with Crippen LogP contribution in [0.25, 0.3) is 5.82 Å². The average Bonchev–Trinajstić information content (AvgIpc) is 3.02. The van der Waals surface area contributed by atoms with Gasteiger partial charge in [0.05, 0.1) is 0 Å². The molecule has 2 aromatic heterocycles. The van der Waals surface area contributed by atoms with Crippen LogP contribution in [0.5, 0.6) is 5.75 Å². The maximum absolute atomic E-state index is 12.9. The molecule has 3 N–H and O–H groups in total. The quantitative estimate of drug-likeness (QED) is 0.671. The van der Waals surface area contributed by atoms with Gasteiger partial charge in [-0.1, -0.05) is 12.1 Å². The number of nitrogens with one attached hydrogen (secondary N) is 2. The summed E-state index contributed by atoms with van der Waals surface area (Å²) in [5, 5.41) is 16.5. The van der Waals surface area contributed by atoms with Crippen LogP contribution >= 0.6 is 0 Å². The molecule has 0 fully saturated rings. The molecule has 3 rings (SSSR count). The molecule has 0 radical (unpaired) electrons. The number of hydrogen-bond acceptors (Lipinski definition) is 4. The van der Waals surface area contributed by atoms with Crippen LogP contribution in [-0.4, -0.2) is 25.8 Å².